The monoisotopic (exact) mass is 525 g/mol. The molecular formula is C23H23F4N5O3S. The number of sulfonamides is 1. The van der Waals surface area contributed by atoms with E-state index < -0.39 is 22.1 Å². The fourth-order valence-electron chi connectivity index (χ4n) is 3.74. The fourth-order valence-corrected chi connectivity index (χ4v) is 5.21. The van der Waals surface area contributed by atoms with Gasteiger partial charge < -0.3 is 15.0 Å². The normalized spacial score (nSPS) is 15.4. The van der Waals surface area contributed by atoms with Crippen molar-refractivity contribution in [2.45, 2.75) is 24.6 Å². The van der Waals surface area contributed by atoms with Crippen LogP contribution in [0.25, 0.3) is 0 Å². The molecule has 192 valence electrons. The highest BCUT2D eigenvalue weighted by atomic mass is 32.2. The molecule has 0 bridgehead atoms. The summed E-state index contributed by atoms with van der Waals surface area (Å²) in [5.74, 6) is 0.0893. The lowest BCUT2D eigenvalue weighted by Gasteiger charge is -2.22. The maximum Gasteiger partial charge on any atom is 0.573 e. The van der Waals surface area contributed by atoms with Gasteiger partial charge >= 0.3 is 6.36 Å². The van der Waals surface area contributed by atoms with Crippen molar-refractivity contribution < 1.29 is 30.7 Å². The molecule has 13 heteroatoms. The van der Waals surface area contributed by atoms with Crippen molar-refractivity contribution in [1.29, 1.82) is 0 Å². The summed E-state index contributed by atoms with van der Waals surface area (Å²) >= 11 is 0. The number of aryl methyl sites for hydroxylation is 1. The third kappa shape index (κ3) is 6.40. The molecule has 1 aliphatic heterocycles. The van der Waals surface area contributed by atoms with Gasteiger partial charge in [0.05, 0.1) is 4.90 Å². The summed E-state index contributed by atoms with van der Waals surface area (Å²) < 4.78 is 81.6. The maximum atomic E-state index is 13.2. The second-order valence-electron chi connectivity index (χ2n) is 8.09. The number of hydrogen-bond acceptors (Lipinski definition) is 7. The Balaban J connectivity index is 1.46. The van der Waals surface area contributed by atoms with Gasteiger partial charge in [-0.05, 0) is 61.9 Å². The molecule has 3 aromatic rings. The van der Waals surface area contributed by atoms with E-state index in [1.54, 1.807) is 18.2 Å². The zero-order valence-electron chi connectivity index (χ0n) is 19.2. The zero-order valence-corrected chi connectivity index (χ0v) is 20.0. The van der Waals surface area contributed by atoms with Crippen molar-refractivity contribution in [3.8, 4) is 5.75 Å². The number of halogens is 4. The van der Waals surface area contributed by atoms with Crippen LogP contribution < -0.4 is 15.0 Å². The Morgan fingerprint density at radius 3 is 2.31 bits per heavy atom. The van der Waals surface area contributed by atoms with Crippen LogP contribution in [0.3, 0.4) is 0 Å². The number of hydrogen-bond donors (Lipinski definition) is 1. The van der Waals surface area contributed by atoms with Crippen LogP contribution in [0.4, 0.5) is 35.0 Å². The van der Waals surface area contributed by atoms with Crippen molar-refractivity contribution >= 4 is 27.5 Å². The first-order valence-electron chi connectivity index (χ1n) is 11.0. The highest BCUT2D eigenvalue weighted by Crippen LogP contribution is 2.26. The van der Waals surface area contributed by atoms with E-state index in [-0.39, 0.29) is 23.8 Å². The lowest BCUT2D eigenvalue weighted by atomic mass is 10.3. The number of nitrogens with one attached hydrogen (secondary N) is 1. The van der Waals surface area contributed by atoms with Crippen molar-refractivity contribution in [2.75, 3.05) is 36.4 Å². The Bertz CT molecular complexity index is 1300. The van der Waals surface area contributed by atoms with E-state index in [0.29, 0.717) is 42.7 Å². The fraction of sp³-hybridized carbons (Fsp3) is 0.304. The minimum absolute atomic E-state index is 0.122. The predicted molar refractivity (Wildman–Crippen MR) is 125 cm³/mol. The van der Waals surface area contributed by atoms with Crippen LogP contribution in [0.15, 0.2) is 59.5 Å². The summed E-state index contributed by atoms with van der Waals surface area (Å²) in [6.07, 6.45) is -4.37. The van der Waals surface area contributed by atoms with Crippen LogP contribution in [0.2, 0.25) is 0 Å². The largest absolute Gasteiger partial charge is 0.573 e. The lowest BCUT2D eigenvalue weighted by Crippen LogP contribution is -2.35. The quantitative estimate of drug-likeness (QED) is 0.476. The summed E-state index contributed by atoms with van der Waals surface area (Å²) in [6, 6.07) is 11.7. The first kappa shape index (κ1) is 25.6. The molecular weight excluding hydrogens is 502 g/mol. The Hall–Kier alpha value is -3.45. The van der Waals surface area contributed by atoms with Crippen LogP contribution in [-0.2, 0) is 10.0 Å². The molecule has 1 N–H and O–H groups in total. The van der Waals surface area contributed by atoms with Gasteiger partial charge in [-0.25, -0.2) is 17.8 Å². The van der Waals surface area contributed by atoms with Gasteiger partial charge in [0.25, 0.3) is 0 Å². The van der Waals surface area contributed by atoms with E-state index in [1.165, 1.54) is 16.4 Å². The molecule has 1 aliphatic rings. The Kier molecular flexibility index (Phi) is 7.31. The van der Waals surface area contributed by atoms with E-state index >= 15 is 0 Å². The van der Waals surface area contributed by atoms with E-state index in [0.717, 1.165) is 24.3 Å². The Labute approximate surface area is 205 Å². The predicted octanol–water partition coefficient (Wildman–Crippen LogP) is 4.47. The van der Waals surface area contributed by atoms with Gasteiger partial charge in [-0.2, -0.15) is 9.29 Å². The van der Waals surface area contributed by atoms with Gasteiger partial charge in [-0.1, -0.05) is 0 Å². The van der Waals surface area contributed by atoms with Crippen LogP contribution in [0.1, 0.15) is 12.1 Å². The molecule has 2 heterocycles. The minimum Gasteiger partial charge on any atom is -0.406 e. The molecule has 1 saturated heterocycles. The minimum atomic E-state index is -4.86. The second-order valence-corrected chi connectivity index (χ2v) is 10.0. The summed E-state index contributed by atoms with van der Waals surface area (Å²) in [5.41, 5.74) is 1.35. The van der Waals surface area contributed by atoms with Crippen LogP contribution >= 0.6 is 0 Å². The van der Waals surface area contributed by atoms with Gasteiger partial charge in [0, 0.05) is 43.6 Å². The Morgan fingerprint density at radius 2 is 1.64 bits per heavy atom. The first-order valence-corrected chi connectivity index (χ1v) is 12.4. The molecule has 1 aromatic heterocycles. The molecule has 0 radical (unpaired) electrons. The smallest absolute Gasteiger partial charge is 0.406 e. The molecule has 0 spiro atoms. The second kappa shape index (κ2) is 10.3. The van der Waals surface area contributed by atoms with E-state index in [4.69, 9.17) is 0 Å². The molecule has 0 aliphatic carbocycles. The highest BCUT2D eigenvalue weighted by Gasteiger charge is 2.32. The highest BCUT2D eigenvalue weighted by molar-refractivity contribution is 7.89. The molecule has 0 atom stereocenters. The third-order valence-electron chi connectivity index (χ3n) is 5.39. The van der Waals surface area contributed by atoms with Gasteiger partial charge in [-0.15, -0.1) is 13.2 Å². The number of aromatic nitrogens is 2. The first-order chi connectivity index (χ1) is 17.0. The molecule has 0 saturated carbocycles. The lowest BCUT2D eigenvalue weighted by molar-refractivity contribution is -0.274. The number of anilines is 3. The van der Waals surface area contributed by atoms with Crippen LogP contribution in [0.5, 0.6) is 5.75 Å². The molecule has 36 heavy (non-hydrogen) atoms. The summed E-state index contributed by atoms with van der Waals surface area (Å²) in [7, 11) is -3.93. The molecule has 8 nitrogen and oxygen atoms in total. The standard InChI is InChI=1S/C23H23F4N5O3S/c1-16-15-21(29-18-5-3-17(24)4-6-18)30-22(28-16)31-11-2-12-32(14-13-31)36(33,34)20-9-7-19(8-10-20)35-23(25,26)27/h3-10,15H,2,11-14H2,1H3,(H,28,29,30). The van der Waals surface area contributed by atoms with Crippen LogP contribution in [0, 0.1) is 12.7 Å². The SMILES string of the molecule is Cc1cc(Nc2ccc(F)cc2)nc(N2CCCN(S(=O)(=O)c3ccc(OC(F)(F)F)cc3)CC2)n1. The van der Waals surface area contributed by atoms with Crippen molar-refractivity contribution in [2.24, 2.45) is 0 Å². The van der Waals surface area contributed by atoms with Crippen molar-refractivity contribution in [3.63, 3.8) is 0 Å². The molecule has 0 unspecified atom stereocenters. The number of ether oxygens (including phenoxy) is 1. The molecule has 4 rings (SSSR count). The number of nitrogens with zero attached hydrogens (tertiary/aromatic N) is 4. The molecule has 1 fully saturated rings. The molecule has 2 aromatic carbocycles. The third-order valence-corrected chi connectivity index (χ3v) is 7.30. The molecule has 0 amide bonds. The van der Waals surface area contributed by atoms with E-state index in [9.17, 15) is 26.0 Å². The number of alkyl halides is 3. The van der Waals surface area contributed by atoms with Crippen molar-refractivity contribution in [3.05, 3.63) is 66.1 Å². The summed E-state index contributed by atoms with van der Waals surface area (Å²) in [4.78, 5) is 10.8. The number of benzene rings is 2. The van der Waals surface area contributed by atoms with Gasteiger partial charge in [0.15, 0.2) is 0 Å². The maximum absolute atomic E-state index is 13.2. The van der Waals surface area contributed by atoms with Gasteiger partial charge in [-0.3, -0.25) is 0 Å². The van der Waals surface area contributed by atoms with Crippen LogP contribution in [-0.4, -0.2) is 55.2 Å². The average Bonchev–Trinajstić information content (AvgIpc) is 3.07. The summed E-state index contributed by atoms with van der Waals surface area (Å²) in [6.45, 7) is 2.99. The summed E-state index contributed by atoms with van der Waals surface area (Å²) in [5, 5.41) is 3.11. The zero-order chi connectivity index (χ0) is 25.9. The van der Waals surface area contributed by atoms with E-state index in [2.05, 4.69) is 20.0 Å². The van der Waals surface area contributed by atoms with E-state index in [1.807, 2.05) is 11.8 Å². The Morgan fingerprint density at radius 1 is 0.944 bits per heavy atom. The van der Waals surface area contributed by atoms with Gasteiger partial charge in [0.2, 0.25) is 16.0 Å². The number of rotatable bonds is 6. The topological polar surface area (TPSA) is 87.7 Å². The van der Waals surface area contributed by atoms with Gasteiger partial charge in [0.1, 0.15) is 17.4 Å². The average molecular weight is 526 g/mol. The van der Waals surface area contributed by atoms with Crippen molar-refractivity contribution in [1.82, 2.24) is 14.3 Å².